The van der Waals surface area contributed by atoms with Gasteiger partial charge in [-0.05, 0) is 34.5 Å². The summed E-state index contributed by atoms with van der Waals surface area (Å²) in [7, 11) is 0. The minimum Gasteiger partial charge on any atom is -0.449 e. The van der Waals surface area contributed by atoms with Crippen LogP contribution in [0.5, 0.6) is 0 Å². The Hall–Kier alpha value is -2.46. The van der Waals surface area contributed by atoms with Gasteiger partial charge in [-0.1, -0.05) is 17.7 Å². The molecule has 132 valence electrons. The van der Waals surface area contributed by atoms with Crippen LogP contribution in [0, 0.1) is 10.1 Å². The molecule has 1 amide bonds. The van der Waals surface area contributed by atoms with Crippen LogP contribution in [-0.4, -0.2) is 27.6 Å². The van der Waals surface area contributed by atoms with E-state index < -0.39 is 22.5 Å². The summed E-state index contributed by atoms with van der Waals surface area (Å²) in [5.74, 6) is -0.393. The Labute approximate surface area is 156 Å². The Bertz CT molecular complexity index is 803. The molecule has 0 radical (unpaired) electrons. The number of aromatic nitrogens is 2. The fraction of sp³-hybridized carbons (Fsp3) is 0.214. The van der Waals surface area contributed by atoms with E-state index >= 15 is 0 Å². The van der Waals surface area contributed by atoms with Gasteiger partial charge < -0.3 is 10.5 Å². The van der Waals surface area contributed by atoms with Crippen molar-refractivity contribution in [2.75, 3.05) is 17.2 Å². The van der Waals surface area contributed by atoms with Crippen molar-refractivity contribution in [1.29, 1.82) is 0 Å². The molecule has 0 fully saturated rings. The summed E-state index contributed by atoms with van der Waals surface area (Å²) in [6, 6.07) is 4.58. The molecule has 0 aliphatic rings. The van der Waals surface area contributed by atoms with Crippen molar-refractivity contribution >= 4 is 50.8 Å². The summed E-state index contributed by atoms with van der Waals surface area (Å²) in [5.41, 5.74) is 5.60. The summed E-state index contributed by atoms with van der Waals surface area (Å²) in [4.78, 5) is 31.8. The fourth-order valence-electron chi connectivity index (χ4n) is 2.04. The van der Waals surface area contributed by atoms with Crippen molar-refractivity contribution in [3.8, 4) is 0 Å². The van der Waals surface area contributed by atoms with Crippen LogP contribution in [0.3, 0.4) is 0 Å². The number of amides is 1. The number of hydrogen-bond acceptors (Lipinski definition) is 7. The summed E-state index contributed by atoms with van der Waals surface area (Å²) < 4.78 is 5.61. The Morgan fingerprint density at radius 2 is 2.24 bits per heavy atom. The van der Waals surface area contributed by atoms with Crippen molar-refractivity contribution in [3.63, 3.8) is 0 Å². The molecule has 0 saturated heterocycles. The number of hydrogen-bond donors (Lipinski definition) is 1. The van der Waals surface area contributed by atoms with E-state index in [1.807, 2.05) is 0 Å². The molecule has 0 aliphatic carbocycles. The number of rotatable bonds is 5. The first-order valence-electron chi connectivity index (χ1n) is 6.98. The van der Waals surface area contributed by atoms with Gasteiger partial charge >= 0.3 is 11.8 Å². The summed E-state index contributed by atoms with van der Waals surface area (Å²) in [6.07, 6.45) is 0.740. The predicted molar refractivity (Wildman–Crippen MR) is 95.5 cm³/mol. The lowest BCUT2D eigenvalue weighted by molar-refractivity contribution is -0.383. The highest BCUT2D eigenvalue weighted by Gasteiger charge is 2.30. The lowest BCUT2D eigenvalue weighted by Crippen LogP contribution is -2.32. The van der Waals surface area contributed by atoms with Gasteiger partial charge in [-0.15, -0.1) is 0 Å². The number of halogens is 2. The molecular weight excluding hydrogens is 418 g/mol. The molecule has 9 nitrogen and oxygen atoms in total. The van der Waals surface area contributed by atoms with E-state index in [4.69, 9.17) is 22.1 Å². The van der Waals surface area contributed by atoms with Crippen LogP contribution in [0.1, 0.15) is 12.5 Å². The van der Waals surface area contributed by atoms with Crippen LogP contribution in [-0.2, 0) is 11.3 Å². The highest BCUT2D eigenvalue weighted by atomic mass is 79.9. The van der Waals surface area contributed by atoms with E-state index in [9.17, 15) is 14.9 Å². The molecule has 0 spiro atoms. The zero-order valence-corrected chi connectivity index (χ0v) is 15.3. The van der Waals surface area contributed by atoms with Gasteiger partial charge in [0.15, 0.2) is 0 Å². The van der Waals surface area contributed by atoms with Gasteiger partial charge in [-0.2, -0.15) is 0 Å². The number of anilines is 2. The molecule has 0 aromatic carbocycles. The van der Waals surface area contributed by atoms with Crippen LogP contribution in [0.2, 0.25) is 5.15 Å². The average Bonchev–Trinajstić information content (AvgIpc) is 2.53. The molecule has 11 heteroatoms. The number of nitrogen functional groups attached to an aromatic ring is 1. The molecule has 0 saturated carbocycles. The largest absolute Gasteiger partial charge is 0.449 e. The smallest absolute Gasteiger partial charge is 0.414 e. The first kappa shape index (κ1) is 18.9. The fourth-order valence-corrected chi connectivity index (χ4v) is 2.47. The Kier molecular flexibility index (Phi) is 6.10. The van der Waals surface area contributed by atoms with E-state index in [1.165, 1.54) is 12.3 Å². The van der Waals surface area contributed by atoms with E-state index in [1.54, 1.807) is 19.1 Å². The van der Waals surface area contributed by atoms with Gasteiger partial charge in [0.05, 0.1) is 18.1 Å². The van der Waals surface area contributed by atoms with E-state index in [0.717, 1.165) is 4.90 Å². The second-order valence-corrected chi connectivity index (χ2v) is 5.93. The number of carbonyl (C=O) groups is 1. The maximum atomic E-state index is 12.4. The SMILES string of the molecule is CCOC(=O)N(Cc1ccc(Br)nc1)c1cc(Cl)nc(N)c1[N+](=O)[O-]. The van der Waals surface area contributed by atoms with Crippen LogP contribution in [0.4, 0.5) is 22.0 Å². The molecule has 0 aliphatic heterocycles. The minimum absolute atomic E-state index is 0.0280. The first-order valence-corrected chi connectivity index (χ1v) is 8.15. The Balaban J connectivity index is 2.54. The van der Waals surface area contributed by atoms with Gasteiger partial charge in [-0.3, -0.25) is 15.0 Å². The molecule has 2 rings (SSSR count). The monoisotopic (exact) mass is 429 g/mol. The summed E-state index contributed by atoms with van der Waals surface area (Å²) >= 11 is 9.08. The van der Waals surface area contributed by atoms with Crippen LogP contribution >= 0.6 is 27.5 Å². The maximum Gasteiger partial charge on any atom is 0.414 e. The average molecular weight is 431 g/mol. The third-order valence-corrected chi connectivity index (χ3v) is 3.72. The summed E-state index contributed by atoms with van der Waals surface area (Å²) in [5, 5.41) is 11.3. The summed E-state index contributed by atoms with van der Waals surface area (Å²) in [6.45, 7) is 1.69. The predicted octanol–water partition coefficient (Wildman–Crippen LogP) is 3.55. The normalized spacial score (nSPS) is 10.4. The lowest BCUT2D eigenvalue weighted by atomic mass is 10.2. The highest BCUT2D eigenvalue weighted by Crippen LogP contribution is 2.36. The molecule has 25 heavy (non-hydrogen) atoms. The quantitative estimate of drug-likeness (QED) is 0.437. The Morgan fingerprint density at radius 1 is 1.52 bits per heavy atom. The van der Waals surface area contributed by atoms with E-state index in [0.29, 0.717) is 10.2 Å². The van der Waals surface area contributed by atoms with Gasteiger partial charge in [0.1, 0.15) is 15.4 Å². The van der Waals surface area contributed by atoms with Crippen molar-refractivity contribution < 1.29 is 14.5 Å². The second-order valence-electron chi connectivity index (χ2n) is 4.73. The van der Waals surface area contributed by atoms with Crippen LogP contribution in [0.25, 0.3) is 0 Å². The molecule has 2 N–H and O–H groups in total. The van der Waals surface area contributed by atoms with Gasteiger partial charge in [0.2, 0.25) is 5.82 Å². The van der Waals surface area contributed by atoms with Gasteiger partial charge in [0, 0.05) is 12.3 Å². The molecular formula is C14H13BrClN5O4. The number of ether oxygens (including phenoxy) is 1. The zero-order valence-electron chi connectivity index (χ0n) is 13.0. The molecule has 0 unspecified atom stereocenters. The van der Waals surface area contributed by atoms with Gasteiger partial charge in [-0.25, -0.2) is 14.8 Å². The molecule has 0 bridgehead atoms. The molecule has 0 atom stereocenters. The molecule has 2 heterocycles. The third kappa shape index (κ3) is 4.54. The lowest BCUT2D eigenvalue weighted by Gasteiger charge is -2.22. The number of nitrogens with zero attached hydrogens (tertiary/aromatic N) is 4. The Morgan fingerprint density at radius 3 is 2.80 bits per heavy atom. The van der Waals surface area contributed by atoms with Crippen molar-refractivity contribution in [2.45, 2.75) is 13.5 Å². The van der Waals surface area contributed by atoms with E-state index in [2.05, 4.69) is 25.9 Å². The van der Waals surface area contributed by atoms with Crippen LogP contribution < -0.4 is 10.6 Å². The number of pyridine rings is 2. The molecule has 2 aromatic rings. The third-order valence-electron chi connectivity index (χ3n) is 3.06. The van der Waals surface area contributed by atoms with Crippen molar-refractivity contribution in [3.05, 3.63) is 49.8 Å². The van der Waals surface area contributed by atoms with Crippen molar-refractivity contribution in [1.82, 2.24) is 9.97 Å². The molecule has 2 aromatic heterocycles. The van der Waals surface area contributed by atoms with Crippen LogP contribution in [0.15, 0.2) is 29.0 Å². The van der Waals surface area contributed by atoms with Crippen molar-refractivity contribution in [2.24, 2.45) is 0 Å². The number of nitrogens with two attached hydrogens (primary N) is 1. The first-order chi connectivity index (χ1) is 11.8. The second kappa shape index (κ2) is 8.08. The van der Waals surface area contributed by atoms with E-state index in [-0.39, 0.29) is 24.0 Å². The zero-order chi connectivity index (χ0) is 18.6. The maximum absolute atomic E-state index is 12.4. The number of carbonyl (C=O) groups excluding carboxylic acids is 1. The minimum atomic E-state index is -0.782. The van der Waals surface area contributed by atoms with Gasteiger partial charge in [0.25, 0.3) is 0 Å². The topological polar surface area (TPSA) is 124 Å². The number of nitro groups is 1. The highest BCUT2D eigenvalue weighted by molar-refractivity contribution is 9.10. The standard InChI is InChI=1S/C14H13BrClN5O4/c1-2-25-14(22)20(7-8-3-4-10(15)18-6-8)9-5-11(16)19-13(17)12(9)21(23)24/h3-6H,2,7H2,1H3,(H2,17,19).